The Balaban J connectivity index is 1.96. The highest BCUT2D eigenvalue weighted by Crippen LogP contribution is 2.32. The lowest BCUT2D eigenvalue weighted by molar-refractivity contribution is 0.145. The number of rotatable bonds is 5. The first-order valence-electron chi connectivity index (χ1n) is 5.95. The molecule has 2 rings (SSSR count). The van der Waals surface area contributed by atoms with Crippen molar-refractivity contribution in [3.05, 3.63) is 35.4 Å². The number of hydrogen-bond acceptors (Lipinski definition) is 2. The lowest BCUT2D eigenvalue weighted by Gasteiger charge is -2.18. The molecule has 94 valence electrons. The predicted molar refractivity (Wildman–Crippen MR) is 61.5 cm³/mol. The van der Waals surface area contributed by atoms with Gasteiger partial charge in [0.1, 0.15) is 11.6 Å². The van der Waals surface area contributed by atoms with E-state index in [0.29, 0.717) is 12.5 Å². The summed E-state index contributed by atoms with van der Waals surface area (Å²) in [5.74, 6) is -0.739. The molecule has 1 aromatic carbocycles. The topological polar surface area (TPSA) is 32.3 Å². The van der Waals surface area contributed by atoms with E-state index in [-0.39, 0.29) is 5.56 Å². The molecule has 2 N–H and O–H groups in total. The zero-order chi connectivity index (χ0) is 12.4. The van der Waals surface area contributed by atoms with Crippen LogP contribution in [0.2, 0.25) is 0 Å². The summed E-state index contributed by atoms with van der Waals surface area (Å²) >= 11 is 0. The second kappa shape index (κ2) is 5.10. The van der Waals surface area contributed by atoms with Gasteiger partial charge in [-0.1, -0.05) is 6.07 Å². The maximum atomic E-state index is 13.5. The van der Waals surface area contributed by atoms with Crippen molar-refractivity contribution in [1.29, 1.82) is 0 Å². The van der Waals surface area contributed by atoms with Crippen LogP contribution in [-0.4, -0.2) is 17.8 Å². The number of nitrogens with one attached hydrogen (secondary N) is 1. The van der Waals surface area contributed by atoms with Gasteiger partial charge in [-0.25, -0.2) is 8.78 Å². The van der Waals surface area contributed by atoms with Crippen LogP contribution in [0, 0.1) is 17.6 Å². The van der Waals surface area contributed by atoms with Gasteiger partial charge in [0.2, 0.25) is 0 Å². The fourth-order valence-electron chi connectivity index (χ4n) is 1.97. The minimum Gasteiger partial charge on any atom is -0.392 e. The molecule has 1 aliphatic carbocycles. The van der Waals surface area contributed by atoms with Crippen LogP contribution in [0.5, 0.6) is 0 Å². The first-order chi connectivity index (χ1) is 8.09. The van der Waals surface area contributed by atoms with E-state index in [4.69, 9.17) is 0 Å². The summed E-state index contributed by atoms with van der Waals surface area (Å²) < 4.78 is 26.9. The van der Waals surface area contributed by atoms with Gasteiger partial charge in [0, 0.05) is 18.2 Å². The molecule has 17 heavy (non-hydrogen) atoms. The minimum atomic E-state index is -0.550. The Bertz CT molecular complexity index is 373. The molecule has 0 bridgehead atoms. The summed E-state index contributed by atoms with van der Waals surface area (Å²) in [5.41, 5.74) is 0.0375. The third kappa shape index (κ3) is 3.01. The van der Waals surface area contributed by atoms with Crippen molar-refractivity contribution in [2.45, 2.75) is 31.9 Å². The molecule has 0 aromatic heterocycles. The summed E-state index contributed by atoms with van der Waals surface area (Å²) in [5, 5.41) is 12.6. The van der Waals surface area contributed by atoms with E-state index in [0.717, 1.165) is 12.8 Å². The first kappa shape index (κ1) is 12.5. The van der Waals surface area contributed by atoms with Crippen molar-refractivity contribution in [2.75, 3.05) is 6.54 Å². The van der Waals surface area contributed by atoms with Gasteiger partial charge in [-0.05, 0) is 37.8 Å². The largest absolute Gasteiger partial charge is 0.392 e. The van der Waals surface area contributed by atoms with Gasteiger partial charge >= 0.3 is 0 Å². The molecule has 1 saturated carbocycles. The van der Waals surface area contributed by atoms with Crippen molar-refractivity contribution in [3.63, 3.8) is 0 Å². The van der Waals surface area contributed by atoms with Crippen LogP contribution in [0.1, 0.15) is 31.4 Å². The highest BCUT2D eigenvalue weighted by atomic mass is 19.1. The van der Waals surface area contributed by atoms with Gasteiger partial charge < -0.3 is 10.4 Å². The third-order valence-electron chi connectivity index (χ3n) is 3.23. The van der Waals surface area contributed by atoms with Crippen molar-refractivity contribution >= 4 is 0 Å². The van der Waals surface area contributed by atoms with Gasteiger partial charge in [0.25, 0.3) is 0 Å². The molecule has 1 aromatic rings. The molecule has 2 atom stereocenters. The molecule has 0 spiro atoms. The molecule has 0 saturated heterocycles. The van der Waals surface area contributed by atoms with E-state index in [2.05, 4.69) is 5.32 Å². The van der Waals surface area contributed by atoms with Crippen molar-refractivity contribution in [3.8, 4) is 0 Å². The van der Waals surface area contributed by atoms with E-state index in [1.54, 1.807) is 6.92 Å². The van der Waals surface area contributed by atoms with E-state index in [9.17, 15) is 13.9 Å². The number of hydrogen-bond donors (Lipinski definition) is 2. The molecule has 0 aliphatic heterocycles. The van der Waals surface area contributed by atoms with Crippen LogP contribution in [0.4, 0.5) is 8.78 Å². The fourth-order valence-corrected chi connectivity index (χ4v) is 1.97. The Morgan fingerprint density at radius 1 is 1.35 bits per heavy atom. The molecule has 0 heterocycles. The highest BCUT2D eigenvalue weighted by Gasteiger charge is 2.29. The SMILES string of the molecule is CC(NCC(O)C1CC1)c1c(F)cccc1F. The smallest absolute Gasteiger partial charge is 0.130 e. The molecule has 0 radical (unpaired) electrons. The van der Waals surface area contributed by atoms with Crippen molar-refractivity contribution in [1.82, 2.24) is 5.32 Å². The normalized spacial score (nSPS) is 19.1. The lowest BCUT2D eigenvalue weighted by atomic mass is 10.1. The van der Waals surface area contributed by atoms with Crippen LogP contribution in [0.3, 0.4) is 0 Å². The van der Waals surface area contributed by atoms with E-state index < -0.39 is 23.8 Å². The first-order valence-corrected chi connectivity index (χ1v) is 5.95. The van der Waals surface area contributed by atoms with Gasteiger partial charge in [-0.3, -0.25) is 0 Å². The predicted octanol–water partition coefficient (Wildman–Crippen LogP) is 2.39. The molecule has 4 heteroatoms. The fraction of sp³-hybridized carbons (Fsp3) is 0.538. The Labute approximate surface area is 99.7 Å². The molecular weight excluding hydrogens is 224 g/mol. The number of benzene rings is 1. The minimum absolute atomic E-state index is 0.0375. The molecular formula is C13H17F2NO. The second-order valence-electron chi connectivity index (χ2n) is 4.67. The summed E-state index contributed by atoms with van der Waals surface area (Å²) in [7, 11) is 0. The van der Waals surface area contributed by atoms with Crippen molar-refractivity contribution in [2.24, 2.45) is 5.92 Å². The quantitative estimate of drug-likeness (QED) is 0.829. The van der Waals surface area contributed by atoms with E-state index >= 15 is 0 Å². The summed E-state index contributed by atoms with van der Waals surface area (Å²) in [6.45, 7) is 2.07. The standard InChI is InChI=1S/C13H17F2NO/c1-8(16-7-12(17)9-5-6-9)13-10(14)3-2-4-11(13)15/h2-4,8-9,12,16-17H,5-7H2,1H3. The Kier molecular flexibility index (Phi) is 3.74. The van der Waals surface area contributed by atoms with Crippen LogP contribution in [-0.2, 0) is 0 Å². The molecule has 1 fully saturated rings. The third-order valence-corrected chi connectivity index (χ3v) is 3.23. The zero-order valence-corrected chi connectivity index (χ0v) is 9.79. The summed E-state index contributed by atoms with van der Waals surface area (Å²) in [4.78, 5) is 0. The number of halogens is 2. The van der Waals surface area contributed by atoms with Crippen LogP contribution in [0.25, 0.3) is 0 Å². The van der Waals surface area contributed by atoms with Crippen LogP contribution < -0.4 is 5.32 Å². The van der Waals surface area contributed by atoms with Gasteiger partial charge in [0.15, 0.2) is 0 Å². The monoisotopic (exact) mass is 241 g/mol. The Morgan fingerprint density at radius 2 is 1.94 bits per heavy atom. The Hall–Kier alpha value is -1.00. The second-order valence-corrected chi connectivity index (χ2v) is 4.67. The van der Waals surface area contributed by atoms with Crippen LogP contribution in [0.15, 0.2) is 18.2 Å². The van der Waals surface area contributed by atoms with E-state index in [1.807, 2.05) is 0 Å². The van der Waals surface area contributed by atoms with Gasteiger partial charge in [-0.15, -0.1) is 0 Å². The van der Waals surface area contributed by atoms with E-state index in [1.165, 1.54) is 18.2 Å². The average Bonchev–Trinajstić information content (AvgIpc) is 3.09. The molecule has 2 nitrogen and oxygen atoms in total. The number of aliphatic hydroxyl groups excluding tert-OH is 1. The summed E-state index contributed by atoms with van der Waals surface area (Å²) in [6.07, 6.45) is 1.68. The average molecular weight is 241 g/mol. The molecule has 0 amide bonds. The van der Waals surface area contributed by atoms with Gasteiger partial charge in [0.05, 0.1) is 6.10 Å². The maximum absolute atomic E-state index is 13.5. The molecule has 2 unspecified atom stereocenters. The summed E-state index contributed by atoms with van der Waals surface area (Å²) in [6, 6.07) is 3.39. The van der Waals surface area contributed by atoms with Crippen LogP contribution >= 0.6 is 0 Å². The van der Waals surface area contributed by atoms with Crippen molar-refractivity contribution < 1.29 is 13.9 Å². The number of aliphatic hydroxyl groups is 1. The van der Waals surface area contributed by atoms with Gasteiger partial charge in [-0.2, -0.15) is 0 Å². The zero-order valence-electron chi connectivity index (χ0n) is 9.79. The lowest BCUT2D eigenvalue weighted by Crippen LogP contribution is -2.31. The Morgan fingerprint density at radius 3 is 2.47 bits per heavy atom. The maximum Gasteiger partial charge on any atom is 0.130 e. The highest BCUT2D eigenvalue weighted by molar-refractivity contribution is 5.22. The molecule has 1 aliphatic rings.